The summed E-state index contributed by atoms with van der Waals surface area (Å²) in [7, 11) is 2.25. The van der Waals surface area contributed by atoms with Gasteiger partial charge >= 0.3 is 0 Å². The normalized spacial score (nSPS) is 29.5. The Labute approximate surface area is 169 Å². The number of nitrogens with one attached hydrogen (secondary N) is 2. The van der Waals surface area contributed by atoms with Gasteiger partial charge in [0.05, 0.1) is 44.7 Å². The quantitative estimate of drug-likeness (QED) is 0.766. The second-order valence-corrected chi connectivity index (χ2v) is 8.57. The van der Waals surface area contributed by atoms with Gasteiger partial charge in [-0.3, -0.25) is 0 Å². The largest absolute Gasteiger partial charge is 0.470 e. The Morgan fingerprint density at radius 2 is 1.78 bits per heavy atom. The highest BCUT2D eigenvalue weighted by atomic mass is 35.5. The summed E-state index contributed by atoms with van der Waals surface area (Å²) < 4.78 is 6.62. The zero-order valence-electron chi connectivity index (χ0n) is 15.1. The van der Waals surface area contributed by atoms with Crippen LogP contribution in [0, 0.1) is 0 Å². The first-order valence-corrected chi connectivity index (χ1v) is 10.1. The van der Waals surface area contributed by atoms with Crippen LogP contribution in [0.2, 0.25) is 10.0 Å². The first kappa shape index (κ1) is 17.4. The summed E-state index contributed by atoms with van der Waals surface area (Å²) in [4.78, 5) is 1.55. The third-order valence-corrected chi connectivity index (χ3v) is 6.40. The molecule has 1 spiro atoms. The predicted molar refractivity (Wildman–Crippen MR) is 108 cm³/mol. The monoisotopic (exact) mass is 402 g/mol. The van der Waals surface area contributed by atoms with Crippen LogP contribution < -0.4 is 15.1 Å². The number of quaternary nitrogens is 1. The first-order chi connectivity index (χ1) is 13.0. The van der Waals surface area contributed by atoms with Gasteiger partial charge in [-0.25, -0.2) is 0 Å². The second kappa shape index (κ2) is 6.42. The molecule has 0 radical (unpaired) electrons. The topological polar surface area (TPSA) is 28.9 Å². The summed E-state index contributed by atoms with van der Waals surface area (Å²) in [6.45, 7) is 2.17. The highest BCUT2D eigenvalue weighted by Gasteiger charge is 2.52. The number of ether oxygens (including phenoxy) is 1. The van der Waals surface area contributed by atoms with Crippen molar-refractivity contribution < 1.29 is 9.64 Å². The molecule has 1 unspecified atom stereocenters. The molecule has 5 rings (SSSR count). The minimum Gasteiger partial charge on any atom is -0.470 e. The van der Waals surface area contributed by atoms with Crippen molar-refractivity contribution in [3.8, 4) is 5.75 Å². The molecule has 1 fully saturated rings. The number of fused-ring (bicyclic) bond motifs is 4. The molecular weight excluding hydrogens is 381 g/mol. The van der Waals surface area contributed by atoms with Gasteiger partial charge in [0.25, 0.3) is 0 Å². The Morgan fingerprint density at radius 3 is 2.52 bits per heavy atom. The fourth-order valence-electron chi connectivity index (χ4n) is 4.35. The van der Waals surface area contributed by atoms with Gasteiger partial charge in [0.1, 0.15) is 5.75 Å². The van der Waals surface area contributed by atoms with E-state index in [1.165, 1.54) is 0 Å². The zero-order valence-corrected chi connectivity index (χ0v) is 16.6. The third-order valence-electron chi connectivity index (χ3n) is 5.91. The number of hydrazine groups is 1. The standard InChI is InChI=1S/C21H21Cl2N3O/c1-25-10-8-21(9-11-25)26-19(17-12-16(23)6-7-20(17)27-21)13-18(24-26)14-2-4-15(22)5-3-14/h2-7,12-13,19,24H,8-11H2,1H3/p+1. The maximum absolute atomic E-state index is 6.62. The average Bonchev–Trinajstić information content (AvgIpc) is 3.12. The van der Waals surface area contributed by atoms with Gasteiger partial charge in [-0.05, 0) is 42.0 Å². The average molecular weight is 403 g/mol. The van der Waals surface area contributed by atoms with E-state index in [9.17, 15) is 0 Å². The number of nitrogens with zero attached hydrogens (tertiary/aromatic N) is 1. The third kappa shape index (κ3) is 2.92. The second-order valence-electron chi connectivity index (χ2n) is 7.70. The summed E-state index contributed by atoms with van der Waals surface area (Å²) in [5.74, 6) is 0.940. The minimum absolute atomic E-state index is 0.0940. The SMILES string of the molecule is C[NH+]1CCC2(CC1)Oc1ccc(Cl)cc1C1C=C(c3ccc(Cl)cc3)NN12. The molecule has 3 aliphatic rings. The van der Waals surface area contributed by atoms with E-state index in [-0.39, 0.29) is 11.8 Å². The van der Waals surface area contributed by atoms with Gasteiger partial charge in [-0.2, -0.15) is 5.01 Å². The smallest absolute Gasteiger partial charge is 0.191 e. The van der Waals surface area contributed by atoms with E-state index in [1.807, 2.05) is 42.5 Å². The molecule has 0 aromatic heterocycles. The van der Waals surface area contributed by atoms with Crippen LogP contribution in [0.3, 0.4) is 0 Å². The molecule has 2 aromatic carbocycles. The highest BCUT2D eigenvalue weighted by Crippen LogP contribution is 2.48. The van der Waals surface area contributed by atoms with Gasteiger partial charge in [-0.1, -0.05) is 35.3 Å². The molecule has 4 nitrogen and oxygen atoms in total. The lowest BCUT2D eigenvalue weighted by molar-refractivity contribution is -0.888. The van der Waals surface area contributed by atoms with Crippen molar-refractivity contribution in [1.82, 2.24) is 10.4 Å². The van der Waals surface area contributed by atoms with Crippen LogP contribution in [0.25, 0.3) is 5.70 Å². The molecule has 3 heterocycles. The molecular formula is C21H22Cl2N3O+. The van der Waals surface area contributed by atoms with Crippen LogP contribution >= 0.6 is 23.2 Å². The van der Waals surface area contributed by atoms with E-state index >= 15 is 0 Å². The number of likely N-dealkylation sites (tertiary alicyclic amines) is 1. The van der Waals surface area contributed by atoms with Gasteiger partial charge in [0.15, 0.2) is 5.72 Å². The summed E-state index contributed by atoms with van der Waals surface area (Å²) in [6, 6.07) is 14.0. The molecule has 2 N–H and O–H groups in total. The van der Waals surface area contributed by atoms with Crippen LogP contribution in [0.4, 0.5) is 0 Å². The molecule has 0 bridgehead atoms. The summed E-state index contributed by atoms with van der Waals surface area (Å²) in [5, 5.41) is 3.77. The predicted octanol–water partition coefficient (Wildman–Crippen LogP) is 3.29. The molecule has 3 aliphatic heterocycles. The Balaban J connectivity index is 1.58. The van der Waals surface area contributed by atoms with Crippen LogP contribution in [-0.2, 0) is 0 Å². The van der Waals surface area contributed by atoms with Crippen molar-refractivity contribution in [2.24, 2.45) is 0 Å². The number of halogens is 2. The molecule has 0 aliphatic carbocycles. The maximum atomic E-state index is 6.62. The fourth-order valence-corrected chi connectivity index (χ4v) is 4.66. The molecule has 27 heavy (non-hydrogen) atoms. The van der Waals surface area contributed by atoms with E-state index in [0.29, 0.717) is 0 Å². The van der Waals surface area contributed by atoms with E-state index in [4.69, 9.17) is 27.9 Å². The van der Waals surface area contributed by atoms with Crippen molar-refractivity contribution in [3.05, 3.63) is 69.7 Å². The fraction of sp³-hybridized carbons (Fsp3) is 0.333. The first-order valence-electron chi connectivity index (χ1n) is 9.38. The molecule has 6 heteroatoms. The van der Waals surface area contributed by atoms with Crippen LogP contribution in [0.1, 0.15) is 30.0 Å². The number of hydrogen-bond donors (Lipinski definition) is 2. The van der Waals surface area contributed by atoms with Gasteiger partial charge in [0, 0.05) is 15.6 Å². The maximum Gasteiger partial charge on any atom is 0.191 e. The number of piperidine rings is 1. The Morgan fingerprint density at radius 1 is 1.07 bits per heavy atom. The summed E-state index contributed by atoms with van der Waals surface area (Å²) >= 11 is 12.4. The van der Waals surface area contributed by atoms with Crippen LogP contribution in [0.5, 0.6) is 5.75 Å². The van der Waals surface area contributed by atoms with Gasteiger partial charge in [-0.15, -0.1) is 0 Å². The summed E-state index contributed by atoms with van der Waals surface area (Å²) in [6.07, 6.45) is 4.23. The van der Waals surface area contributed by atoms with E-state index in [0.717, 1.165) is 58.5 Å². The van der Waals surface area contributed by atoms with Crippen LogP contribution in [-0.4, -0.2) is 30.9 Å². The van der Waals surface area contributed by atoms with E-state index in [1.54, 1.807) is 4.90 Å². The van der Waals surface area contributed by atoms with Crippen molar-refractivity contribution in [1.29, 1.82) is 0 Å². The lowest BCUT2D eigenvalue weighted by Gasteiger charge is -2.50. The molecule has 2 aromatic rings. The minimum atomic E-state index is -0.338. The van der Waals surface area contributed by atoms with Crippen molar-refractivity contribution in [2.75, 3.05) is 20.1 Å². The summed E-state index contributed by atoms with van der Waals surface area (Å²) in [5.41, 5.74) is 6.61. The molecule has 140 valence electrons. The molecule has 1 atom stereocenters. The Bertz CT molecular complexity index is 904. The van der Waals surface area contributed by atoms with Crippen LogP contribution in [0.15, 0.2) is 48.5 Å². The van der Waals surface area contributed by atoms with Gasteiger partial charge < -0.3 is 15.1 Å². The lowest BCUT2D eigenvalue weighted by Crippen LogP contribution is -3.11. The Kier molecular flexibility index (Phi) is 4.13. The number of benzene rings is 2. The molecule has 0 amide bonds. The van der Waals surface area contributed by atoms with Gasteiger partial charge in [0.2, 0.25) is 0 Å². The highest BCUT2D eigenvalue weighted by molar-refractivity contribution is 6.31. The molecule has 1 saturated heterocycles. The molecule has 0 saturated carbocycles. The van der Waals surface area contributed by atoms with Crippen molar-refractivity contribution in [3.63, 3.8) is 0 Å². The number of hydrogen-bond acceptors (Lipinski definition) is 3. The van der Waals surface area contributed by atoms with E-state index in [2.05, 4.69) is 23.6 Å². The lowest BCUT2D eigenvalue weighted by atomic mass is 9.93. The van der Waals surface area contributed by atoms with E-state index < -0.39 is 0 Å². The van der Waals surface area contributed by atoms with Crippen molar-refractivity contribution >= 4 is 28.9 Å². The van der Waals surface area contributed by atoms with Crippen molar-refractivity contribution in [2.45, 2.75) is 24.6 Å². The Hall–Kier alpha value is -1.72. The number of rotatable bonds is 1. The zero-order chi connectivity index (χ0) is 18.6.